The van der Waals surface area contributed by atoms with Crippen LogP contribution < -0.4 is 4.90 Å². The van der Waals surface area contributed by atoms with Gasteiger partial charge in [0.1, 0.15) is 0 Å². The molecule has 96 valence electrons. The van der Waals surface area contributed by atoms with E-state index in [0.29, 0.717) is 6.54 Å². The number of aromatic nitrogens is 1. The maximum Gasteiger partial charge on any atom is 0.156 e. The maximum atomic E-state index is 9.86. The molecule has 0 radical (unpaired) electrons. The van der Waals surface area contributed by atoms with E-state index in [2.05, 4.69) is 0 Å². The lowest BCUT2D eigenvalue weighted by molar-refractivity contribution is 0.304. The molecule has 1 aromatic heterocycles. The molecular formula is C14H18N2O2. The summed E-state index contributed by atoms with van der Waals surface area (Å²) in [7, 11) is 1.85. The number of benzene rings is 1. The molecule has 2 rings (SSSR count). The largest absolute Gasteiger partial charge is 0.504 e. The molecule has 2 N–H and O–H groups in total. The number of aliphatic hydroxyl groups excluding tert-OH is 1. The fourth-order valence-electron chi connectivity index (χ4n) is 1.93. The second-order valence-corrected chi connectivity index (χ2v) is 4.33. The van der Waals surface area contributed by atoms with E-state index in [0.717, 1.165) is 12.2 Å². The van der Waals surface area contributed by atoms with E-state index in [1.807, 2.05) is 53.0 Å². The average Bonchev–Trinajstić information content (AvgIpc) is 2.72. The number of hydrogen-bond acceptors (Lipinski definition) is 3. The van der Waals surface area contributed by atoms with Crippen molar-refractivity contribution in [2.45, 2.75) is 6.54 Å². The number of nitrogens with zero attached hydrogens (tertiary/aromatic N) is 2. The van der Waals surface area contributed by atoms with Crippen LogP contribution in [0, 0.1) is 0 Å². The first-order valence-electron chi connectivity index (χ1n) is 5.95. The minimum atomic E-state index is 0.0693. The number of aromatic hydroxyl groups is 1. The highest BCUT2D eigenvalue weighted by Crippen LogP contribution is 2.27. The van der Waals surface area contributed by atoms with E-state index in [1.54, 1.807) is 6.20 Å². The number of hydrogen-bond donors (Lipinski definition) is 2. The molecule has 1 aromatic carbocycles. The Bertz CT molecular complexity index is 494. The summed E-state index contributed by atoms with van der Waals surface area (Å²) in [6, 6.07) is 10.1. The molecule has 0 saturated heterocycles. The van der Waals surface area contributed by atoms with Crippen LogP contribution in [0.15, 0.2) is 42.7 Å². The van der Waals surface area contributed by atoms with Crippen LogP contribution in [0.5, 0.6) is 5.75 Å². The third-order valence-electron chi connectivity index (χ3n) is 2.89. The van der Waals surface area contributed by atoms with E-state index < -0.39 is 0 Å². The number of anilines is 1. The zero-order chi connectivity index (χ0) is 13.0. The van der Waals surface area contributed by atoms with Crippen molar-refractivity contribution in [1.29, 1.82) is 0 Å². The zero-order valence-electron chi connectivity index (χ0n) is 10.5. The zero-order valence-corrected chi connectivity index (χ0v) is 10.5. The van der Waals surface area contributed by atoms with Gasteiger partial charge in [-0.1, -0.05) is 30.3 Å². The molecule has 0 saturated carbocycles. The molecule has 0 unspecified atom stereocenters. The van der Waals surface area contributed by atoms with E-state index in [9.17, 15) is 5.11 Å². The summed E-state index contributed by atoms with van der Waals surface area (Å²) < 4.78 is 1.94. The summed E-state index contributed by atoms with van der Waals surface area (Å²) in [4.78, 5) is 1.83. The SMILES string of the molecule is CN(CCO)c1cn(Cc2ccccc2)cc1O. The van der Waals surface area contributed by atoms with Gasteiger partial charge in [-0.3, -0.25) is 0 Å². The van der Waals surface area contributed by atoms with Gasteiger partial charge < -0.3 is 19.7 Å². The van der Waals surface area contributed by atoms with Gasteiger partial charge in [0.05, 0.1) is 12.3 Å². The van der Waals surface area contributed by atoms with E-state index >= 15 is 0 Å². The third-order valence-corrected chi connectivity index (χ3v) is 2.89. The van der Waals surface area contributed by atoms with Gasteiger partial charge in [-0.15, -0.1) is 0 Å². The first-order chi connectivity index (χ1) is 8.70. The van der Waals surface area contributed by atoms with Gasteiger partial charge in [0.25, 0.3) is 0 Å². The highest BCUT2D eigenvalue weighted by molar-refractivity contribution is 5.56. The van der Waals surface area contributed by atoms with Gasteiger partial charge in [-0.25, -0.2) is 0 Å². The van der Waals surface area contributed by atoms with Gasteiger partial charge in [-0.2, -0.15) is 0 Å². The van der Waals surface area contributed by atoms with Crippen molar-refractivity contribution in [1.82, 2.24) is 4.57 Å². The second-order valence-electron chi connectivity index (χ2n) is 4.33. The van der Waals surface area contributed by atoms with Crippen LogP contribution in [-0.2, 0) is 6.54 Å². The summed E-state index contributed by atoms with van der Waals surface area (Å²) in [5.74, 6) is 0.238. The summed E-state index contributed by atoms with van der Waals surface area (Å²) in [6.45, 7) is 1.30. The summed E-state index contributed by atoms with van der Waals surface area (Å²) in [5, 5.41) is 18.8. The topological polar surface area (TPSA) is 48.6 Å². The Balaban J connectivity index is 2.14. The Hall–Kier alpha value is -1.94. The number of likely N-dealkylation sites (N-methyl/N-ethyl adjacent to an activating group) is 1. The Labute approximate surface area is 107 Å². The molecule has 0 aliphatic carbocycles. The summed E-state index contributed by atoms with van der Waals surface area (Å²) >= 11 is 0. The fraction of sp³-hybridized carbons (Fsp3) is 0.286. The normalized spacial score (nSPS) is 10.6. The van der Waals surface area contributed by atoms with Gasteiger partial charge in [0.15, 0.2) is 5.75 Å². The third kappa shape index (κ3) is 2.84. The predicted molar refractivity (Wildman–Crippen MR) is 72.0 cm³/mol. The quantitative estimate of drug-likeness (QED) is 0.843. The smallest absolute Gasteiger partial charge is 0.156 e. The minimum absolute atomic E-state index is 0.0693. The van der Waals surface area contributed by atoms with Crippen LogP contribution in [-0.4, -0.2) is 35.0 Å². The van der Waals surface area contributed by atoms with Gasteiger partial charge in [-0.05, 0) is 5.56 Å². The molecular weight excluding hydrogens is 228 g/mol. The average molecular weight is 246 g/mol. The first-order valence-corrected chi connectivity index (χ1v) is 5.95. The van der Waals surface area contributed by atoms with Gasteiger partial charge in [0.2, 0.25) is 0 Å². The van der Waals surface area contributed by atoms with E-state index in [-0.39, 0.29) is 12.4 Å². The predicted octanol–water partition coefficient (Wildman–Crippen LogP) is 1.67. The second kappa shape index (κ2) is 5.60. The molecule has 0 fully saturated rings. The Kier molecular flexibility index (Phi) is 3.89. The lowest BCUT2D eigenvalue weighted by atomic mass is 10.2. The molecule has 0 aliphatic heterocycles. The Morgan fingerprint density at radius 3 is 2.56 bits per heavy atom. The van der Waals surface area contributed by atoms with Crippen LogP contribution in [0.3, 0.4) is 0 Å². The molecule has 1 heterocycles. The number of aliphatic hydroxyl groups is 1. The van der Waals surface area contributed by atoms with Crippen LogP contribution in [0.2, 0.25) is 0 Å². The van der Waals surface area contributed by atoms with Crippen molar-refractivity contribution in [3.8, 4) is 5.75 Å². The van der Waals surface area contributed by atoms with Crippen LogP contribution in [0.1, 0.15) is 5.56 Å². The molecule has 2 aromatic rings. The van der Waals surface area contributed by atoms with E-state index in [1.165, 1.54) is 5.56 Å². The first kappa shape index (κ1) is 12.5. The van der Waals surface area contributed by atoms with Crippen LogP contribution >= 0.6 is 0 Å². The molecule has 18 heavy (non-hydrogen) atoms. The monoisotopic (exact) mass is 246 g/mol. The van der Waals surface area contributed by atoms with Crippen molar-refractivity contribution in [3.05, 3.63) is 48.3 Å². The van der Waals surface area contributed by atoms with Crippen LogP contribution in [0.4, 0.5) is 5.69 Å². The highest BCUT2D eigenvalue weighted by Gasteiger charge is 2.09. The molecule has 0 aliphatic rings. The van der Waals surface area contributed by atoms with Gasteiger partial charge >= 0.3 is 0 Å². The lowest BCUT2D eigenvalue weighted by Gasteiger charge is -2.15. The molecule has 0 spiro atoms. The standard InChI is InChI=1S/C14H18N2O2/c1-15(7-8-17)13-10-16(11-14(13)18)9-12-5-3-2-4-6-12/h2-6,10-11,17-18H,7-9H2,1H3. The maximum absolute atomic E-state index is 9.86. The molecule has 0 bridgehead atoms. The van der Waals surface area contributed by atoms with Crippen molar-refractivity contribution in [2.24, 2.45) is 0 Å². The van der Waals surface area contributed by atoms with Crippen molar-refractivity contribution in [2.75, 3.05) is 25.1 Å². The molecule has 4 nitrogen and oxygen atoms in total. The van der Waals surface area contributed by atoms with Crippen molar-refractivity contribution in [3.63, 3.8) is 0 Å². The minimum Gasteiger partial charge on any atom is -0.504 e. The van der Waals surface area contributed by atoms with Crippen molar-refractivity contribution < 1.29 is 10.2 Å². The fourth-order valence-corrected chi connectivity index (χ4v) is 1.93. The van der Waals surface area contributed by atoms with Crippen LogP contribution in [0.25, 0.3) is 0 Å². The lowest BCUT2D eigenvalue weighted by Crippen LogP contribution is -2.20. The number of rotatable bonds is 5. The summed E-state index contributed by atoms with van der Waals surface area (Å²) in [6.07, 6.45) is 3.59. The Morgan fingerprint density at radius 2 is 1.89 bits per heavy atom. The van der Waals surface area contributed by atoms with Crippen molar-refractivity contribution >= 4 is 5.69 Å². The molecule has 0 atom stereocenters. The highest BCUT2D eigenvalue weighted by atomic mass is 16.3. The molecule has 0 amide bonds. The van der Waals surface area contributed by atoms with E-state index in [4.69, 9.17) is 5.11 Å². The molecule has 4 heteroatoms. The Morgan fingerprint density at radius 1 is 1.17 bits per heavy atom. The van der Waals surface area contributed by atoms with Gasteiger partial charge in [0, 0.05) is 32.5 Å². The summed E-state index contributed by atoms with van der Waals surface area (Å²) in [5.41, 5.74) is 1.92.